The highest BCUT2D eigenvalue weighted by molar-refractivity contribution is 7.92. The third kappa shape index (κ3) is 3.44. The number of hydrogen-bond acceptors (Lipinski definition) is 4. The van der Waals surface area contributed by atoms with Gasteiger partial charge in [-0.3, -0.25) is 4.68 Å². The quantitative estimate of drug-likeness (QED) is 0.804. The number of halogens is 4. The van der Waals surface area contributed by atoms with Crippen LogP contribution in [-0.4, -0.2) is 52.4 Å². The SMILES string of the molecule is Cn1cc(S(=O)(=O)C(C)(F)C2CCN(C(=O)O)CC2)c(C(F)(F)F)n1. The zero-order valence-electron chi connectivity index (χ0n) is 13.4. The fraction of sp³-hybridized carbons (Fsp3) is 0.692. The number of aromatic nitrogens is 2. The van der Waals surface area contributed by atoms with E-state index in [1.807, 2.05) is 0 Å². The highest BCUT2D eigenvalue weighted by Crippen LogP contribution is 2.42. The van der Waals surface area contributed by atoms with Gasteiger partial charge >= 0.3 is 12.3 Å². The number of nitrogens with zero attached hydrogens (tertiary/aromatic N) is 3. The first-order valence-electron chi connectivity index (χ1n) is 7.30. The highest BCUT2D eigenvalue weighted by Gasteiger charge is 2.52. The van der Waals surface area contributed by atoms with Crippen LogP contribution in [0.4, 0.5) is 22.4 Å². The van der Waals surface area contributed by atoms with Gasteiger partial charge in [0, 0.05) is 32.3 Å². The second-order valence-electron chi connectivity index (χ2n) is 6.05. The molecule has 2 rings (SSSR count). The number of carbonyl (C=O) groups is 1. The molecule has 142 valence electrons. The molecule has 1 saturated heterocycles. The Morgan fingerprint density at radius 2 is 1.80 bits per heavy atom. The third-order valence-corrected chi connectivity index (χ3v) is 6.64. The van der Waals surface area contributed by atoms with Crippen molar-refractivity contribution in [2.24, 2.45) is 13.0 Å². The summed E-state index contributed by atoms with van der Waals surface area (Å²) in [5.41, 5.74) is -1.66. The molecule has 25 heavy (non-hydrogen) atoms. The van der Waals surface area contributed by atoms with Crippen molar-refractivity contribution in [3.05, 3.63) is 11.9 Å². The standard InChI is InChI=1S/C13H17F4N3O4S/c1-12(14,8-3-5-20(6-4-8)11(21)22)25(23,24)9-7-19(2)18-10(9)13(15,16)17/h7-8H,3-6H2,1-2H3,(H,21,22). The molecule has 1 aromatic heterocycles. The summed E-state index contributed by atoms with van der Waals surface area (Å²) >= 11 is 0. The van der Waals surface area contributed by atoms with E-state index >= 15 is 4.39 Å². The summed E-state index contributed by atoms with van der Waals surface area (Å²) in [5.74, 6) is -1.13. The van der Waals surface area contributed by atoms with Crippen LogP contribution in [0.3, 0.4) is 0 Å². The average Bonchev–Trinajstić information content (AvgIpc) is 2.90. The Bertz CT molecular complexity index is 765. The van der Waals surface area contributed by atoms with Crippen molar-refractivity contribution in [1.82, 2.24) is 14.7 Å². The molecule has 12 heteroatoms. The van der Waals surface area contributed by atoms with Gasteiger partial charge in [0.1, 0.15) is 4.90 Å². The van der Waals surface area contributed by atoms with Crippen LogP contribution in [-0.2, 0) is 23.1 Å². The maximum absolute atomic E-state index is 15.2. The van der Waals surface area contributed by atoms with Crippen LogP contribution in [0, 0.1) is 5.92 Å². The number of likely N-dealkylation sites (tertiary alicyclic amines) is 1. The van der Waals surface area contributed by atoms with Crippen LogP contribution in [0.15, 0.2) is 11.1 Å². The van der Waals surface area contributed by atoms with E-state index in [1.54, 1.807) is 0 Å². The minimum absolute atomic E-state index is 0.0891. The van der Waals surface area contributed by atoms with Crippen molar-refractivity contribution in [3.8, 4) is 0 Å². The predicted octanol–water partition coefficient (Wildman–Crippen LogP) is 2.29. The summed E-state index contributed by atoms with van der Waals surface area (Å²) in [6.07, 6.45) is -5.86. The lowest BCUT2D eigenvalue weighted by molar-refractivity contribution is -0.143. The number of alkyl halides is 4. The Morgan fingerprint density at radius 1 is 1.28 bits per heavy atom. The molecule has 1 unspecified atom stereocenters. The van der Waals surface area contributed by atoms with E-state index < -0.39 is 43.6 Å². The molecule has 0 spiro atoms. The Labute approximate surface area is 141 Å². The number of piperidine rings is 1. The lowest BCUT2D eigenvalue weighted by Crippen LogP contribution is -2.46. The second kappa shape index (κ2) is 6.15. The zero-order chi connectivity index (χ0) is 19.2. The van der Waals surface area contributed by atoms with E-state index in [0.29, 0.717) is 10.9 Å². The predicted molar refractivity (Wildman–Crippen MR) is 77.2 cm³/mol. The first-order chi connectivity index (χ1) is 11.3. The Balaban J connectivity index is 2.38. The van der Waals surface area contributed by atoms with Crippen molar-refractivity contribution in [3.63, 3.8) is 0 Å². The van der Waals surface area contributed by atoms with E-state index in [4.69, 9.17) is 5.11 Å². The zero-order valence-corrected chi connectivity index (χ0v) is 14.2. The van der Waals surface area contributed by atoms with Gasteiger partial charge < -0.3 is 10.0 Å². The summed E-state index contributed by atoms with van der Waals surface area (Å²) in [5, 5.41) is 8.99. The molecule has 1 fully saturated rings. The second-order valence-corrected chi connectivity index (χ2v) is 8.29. The Morgan fingerprint density at radius 3 is 2.24 bits per heavy atom. The summed E-state index contributed by atoms with van der Waals surface area (Å²) in [6, 6.07) is 0. The van der Waals surface area contributed by atoms with E-state index in [2.05, 4.69) is 5.10 Å². The van der Waals surface area contributed by atoms with Gasteiger partial charge in [0.25, 0.3) is 0 Å². The van der Waals surface area contributed by atoms with E-state index in [0.717, 1.165) is 18.9 Å². The van der Waals surface area contributed by atoms with Crippen molar-refractivity contribution < 1.29 is 35.9 Å². The largest absolute Gasteiger partial charge is 0.465 e. The Hall–Kier alpha value is -1.85. The van der Waals surface area contributed by atoms with Gasteiger partial charge in [0.2, 0.25) is 14.8 Å². The maximum Gasteiger partial charge on any atom is 0.436 e. The van der Waals surface area contributed by atoms with E-state index in [1.165, 1.54) is 0 Å². The summed E-state index contributed by atoms with van der Waals surface area (Å²) < 4.78 is 80.1. The molecule has 0 radical (unpaired) electrons. The molecule has 0 aliphatic carbocycles. The van der Waals surface area contributed by atoms with Gasteiger partial charge in [0.05, 0.1) is 0 Å². The van der Waals surface area contributed by atoms with Crippen LogP contribution in [0.5, 0.6) is 0 Å². The van der Waals surface area contributed by atoms with Gasteiger partial charge in [-0.25, -0.2) is 17.6 Å². The molecule has 1 N–H and O–H groups in total. The number of amides is 1. The van der Waals surface area contributed by atoms with Gasteiger partial charge in [0.15, 0.2) is 5.69 Å². The van der Waals surface area contributed by atoms with Gasteiger partial charge in [-0.2, -0.15) is 18.3 Å². The van der Waals surface area contributed by atoms with Gasteiger partial charge in [-0.1, -0.05) is 0 Å². The summed E-state index contributed by atoms with van der Waals surface area (Å²) in [7, 11) is -3.90. The topological polar surface area (TPSA) is 92.5 Å². The van der Waals surface area contributed by atoms with E-state index in [9.17, 15) is 26.4 Å². The first-order valence-corrected chi connectivity index (χ1v) is 8.79. The molecule has 0 bridgehead atoms. The lowest BCUT2D eigenvalue weighted by Gasteiger charge is -2.36. The number of rotatable bonds is 3. The number of sulfone groups is 1. The summed E-state index contributed by atoms with van der Waals surface area (Å²) in [6.45, 7) is 0.541. The third-order valence-electron chi connectivity index (χ3n) is 4.37. The van der Waals surface area contributed by atoms with Crippen LogP contribution >= 0.6 is 0 Å². The molecule has 1 amide bonds. The molecule has 7 nitrogen and oxygen atoms in total. The molecule has 1 aromatic rings. The first kappa shape index (κ1) is 19.5. The lowest BCUT2D eigenvalue weighted by atomic mass is 9.92. The van der Waals surface area contributed by atoms with Crippen LogP contribution in [0.25, 0.3) is 0 Å². The molecule has 1 aliphatic rings. The molecule has 0 aromatic carbocycles. The van der Waals surface area contributed by atoms with Crippen molar-refractivity contribution in [1.29, 1.82) is 0 Å². The van der Waals surface area contributed by atoms with Crippen LogP contribution < -0.4 is 0 Å². The van der Waals surface area contributed by atoms with E-state index in [-0.39, 0.29) is 25.9 Å². The number of aryl methyl sites for hydroxylation is 1. The fourth-order valence-electron chi connectivity index (χ4n) is 2.88. The monoisotopic (exact) mass is 387 g/mol. The minimum atomic E-state index is -5.05. The summed E-state index contributed by atoms with van der Waals surface area (Å²) in [4.78, 5) is 10.7. The Kier molecular flexibility index (Phi) is 4.79. The van der Waals surface area contributed by atoms with Gasteiger partial charge in [-0.15, -0.1) is 0 Å². The normalized spacial score (nSPS) is 19.7. The van der Waals surface area contributed by atoms with Crippen molar-refractivity contribution in [2.45, 2.75) is 35.8 Å². The highest BCUT2D eigenvalue weighted by atomic mass is 32.2. The van der Waals surface area contributed by atoms with Crippen molar-refractivity contribution in [2.75, 3.05) is 13.1 Å². The fourth-order valence-corrected chi connectivity index (χ4v) is 4.69. The van der Waals surface area contributed by atoms with Crippen molar-refractivity contribution >= 4 is 15.9 Å². The maximum atomic E-state index is 15.2. The van der Waals surface area contributed by atoms with Crippen LogP contribution in [0.1, 0.15) is 25.5 Å². The number of carboxylic acid groups (broad SMARTS) is 1. The average molecular weight is 387 g/mol. The smallest absolute Gasteiger partial charge is 0.436 e. The minimum Gasteiger partial charge on any atom is -0.465 e. The molecule has 1 atom stereocenters. The molecule has 1 aliphatic heterocycles. The molecule has 2 heterocycles. The molecular formula is C13H17F4N3O4S. The number of hydrogen-bond donors (Lipinski definition) is 1. The van der Waals surface area contributed by atoms with Gasteiger partial charge in [-0.05, 0) is 19.8 Å². The molecular weight excluding hydrogens is 370 g/mol. The van der Waals surface area contributed by atoms with Crippen LogP contribution in [0.2, 0.25) is 0 Å². The molecule has 0 saturated carbocycles.